The van der Waals surface area contributed by atoms with E-state index in [1.807, 2.05) is 0 Å². The largest absolute Gasteiger partial charge is 0.348 e. The van der Waals surface area contributed by atoms with Crippen LogP contribution in [0.5, 0.6) is 0 Å². The van der Waals surface area contributed by atoms with Gasteiger partial charge in [0.1, 0.15) is 5.71 Å². The molecule has 5 heteroatoms. The fourth-order valence-corrected chi connectivity index (χ4v) is 3.41. The van der Waals surface area contributed by atoms with E-state index in [0.717, 1.165) is 18.8 Å². The molecule has 0 atom stereocenters. The topological polar surface area (TPSA) is 61.8 Å². The lowest BCUT2D eigenvalue weighted by Crippen LogP contribution is -2.44. The summed E-state index contributed by atoms with van der Waals surface area (Å²) < 4.78 is 0. The Morgan fingerprint density at radius 3 is 2.45 bits per heavy atom. The number of carbonyl (C=O) groups excluding carboxylic acids is 2. The maximum atomic E-state index is 12.3. The van der Waals surface area contributed by atoms with Crippen LogP contribution in [0.3, 0.4) is 0 Å². The first-order chi connectivity index (χ1) is 10.3. The van der Waals surface area contributed by atoms with Crippen LogP contribution in [0.4, 0.5) is 0 Å². The van der Waals surface area contributed by atoms with E-state index in [1.165, 1.54) is 24.3 Å². The molecular formula is C17H29N3O2. The van der Waals surface area contributed by atoms with Crippen LogP contribution in [0, 0.1) is 11.3 Å². The molecule has 22 heavy (non-hydrogen) atoms. The molecule has 0 saturated heterocycles. The van der Waals surface area contributed by atoms with Crippen molar-refractivity contribution in [1.29, 1.82) is 0 Å². The van der Waals surface area contributed by atoms with Gasteiger partial charge < -0.3 is 5.32 Å². The van der Waals surface area contributed by atoms with Crippen molar-refractivity contribution in [3.05, 3.63) is 0 Å². The molecule has 2 rings (SSSR count). The van der Waals surface area contributed by atoms with Gasteiger partial charge in [-0.3, -0.25) is 9.59 Å². The van der Waals surface area contributed by atoms with Gasteiger partial charge in [-0.2, -0.15) is 5.10 Å². The zero-order chi connectivity index (χ0) is 16.3. The highest BCUT2D eigenvalue weighted by Crippen LogP contribution is 2.40. The highest BCUT2D eigenvalue weighted by atomic mass is 16.2. The van der Waals surface area contributed by atoms with Crippen LogP contribution in [-0.4, -0.2) is 35.6 Å². The summed E-state index contributed by atoms with van der Waals surface area (Å²) in [6, 6.07) is 0.252. The normalized spacial score (nSPS) is 26.6. The second kappa shape index (κ2) is 6.80. The number of nitrogens with one attached hydrogen (secondary N) is 1. The Bertz CT molecular complexity index is 463. The molecule has 0 aromatic heterocycles. The minimum atomic E-state index is -0.0995. The van der Waals surface area contributed by atoms with Crippen LogP contribution in [0.2, 0.25) is 0 Å². The van der Waals surface area contributed by atoms with Gasteiger partial charge in [0.05, 0.1) is 0 Å². The molecule has 2 aliphatic rings. The van der Waals surface area contributed by atoms with E-state index in [1.54, 1.807) is 7.05 Å². The molecule has 1 saturated carbocycles. The predicted octanol–water partition coefficient (Wildman–Crippen LogP) is 2.71. The Hall–Kier alpha value is -1.39. The van der Waals surface area contributed by atoms with Gasteiger partial charge in [-0.05, 0) is 37.0 Å². The van der Waals surface area contributed by atoms with Crippen LogP contribution in [-0.2, 0) is 9.59 Å². The first kappa shape index (κ1) is 17.0. The lowest BCUT2D eigenvalue weighted by atomic mass is 9.69. The van der Waals surface area contributed by atoms with E-state index in [9.17, 15) is 9.59 Å². The van der Waals surface area contributed by atoms with Gasteiger partial charge in [0.15, 0.2) is 0 Å². The minimum absolute atomic E-state index is 0.0288. The molecule has 0 aromatic carbocycles. The first-order valence-electron chi connectivity index (χ1n) is 8.48. The summed E-state index contributed by atoms with van der Waals surface area (Å²) in [6.07, 6.45) is 6.47. The molecular weight excluding hydrogens is 278 g/mol. The summed E-state index contributed by atoms with van der Waals surface area (Å²) >= 11 is 0. The van der Waals surface area contributed by atoms with E-state index >= 15 is 0 Å². The molecule has 0 unspecified atom stereocenters. The first-order valence-corrected chi connectivity index (χ1v) is 8.48. The van der Waals surface area contributed by atoms with E-state index in [4.69, 9.17) is 0 Å². The number of hydrazone groups is 1. The van der Waals surface area contributed by atoms with Crippen molar-refractivity contribution in [3.63, 3.8) is 0 Å². The van der Waals surface area contributed by atoms with Gasteiger partial charge in [-0.15, -0.1) is 0 Å². The molecule has 1 fully saturated rings. The lowest BCUT2D eigenvalue weighted by molar-refractivity contribution is -0.130. The van der Waals surface area contributed by atoms with E-state index < -0.39 is 0 Å². The Balaban J connectivity index is 1.85. The van der Waals surface area contributed by atoms with E-state index in [-0.39, 0.29) is 17.9 Å². The van der Waals surface area contributed by atoms with Crippen LogP contribution in [0.1, 0.15) is 65.7 Å². The number of amides is 2. The maximum absolute atomic E-state index is 12.3. The number of rotatable bonds is 4. The zero-order valence-electron chi connectivity index (χ0n) is 14.3. The third-order valence-corrected chi connectivity index (χ3v) is 5.55. The molecule has 0 spiro atoms. The highest BCUT2D eigenvalue weighted by molar-refractivity contribution is 6.39. The molecule has 5 nitrogen and oxygen atoms in total. The van der Waals surface area contributed by atoms with Crippen molar-refractivity contribution >= 4 is 17.5 Å². The fraction of sp³-hybridized carbons (Fsp3) is 0.824. The molecule has 0 aromatic rings. The number of carbonyl (C=O) groups is 2. The Morgan fingerprint density at radius 2 is 1.91 bits per heavy atom. The van der Waals surface area contributed by atoms with Gasteiger partial charge in [-0.1, -0.05) is 27.2 Å². The van der Waals surface area contributed by atoms with Crippen LogP contribution in [0.15, 0.2) is 5.10 Å². The number of hydrogen-bond donors (Lipinski definition) is 1. The molecule has 1 aliphatic heterocycles. The van der Waals surface area contributed by atoms with Crippen LogP contribution in [0.25, 0.3) is 0 Å². The summed E-state index contributed by atoms with van der Waals surface area (Å²) in [5.74, 6) is 0.623. The summed E-state index contributed by atoms with van der Waals surface area (Å²) in [5.41, 5.74) is 0.879. The molecule has 1 N–H and O–H groups in total. The average Bonchev–Trinajstić information content (AvgIpc) is 2.50. The summed E-state index contributed by atoms with van der Waals surface area (Å²) in [7, 11) is 1.60. The van der Waals surface area contributed by atoms with Gasteiger partial charge in [0.2, 0.25) is 5.91 Å². The smallest absolute Gasteiger partial charge is 0.267 e. The molecule has 0 bridgehead atoms. The van der Waals surface area contributed by atoms with Gasteiger partial charge in [0.25, 0.3) is 5.91 Å². The lowest BCUT2D eigenvalue weighted by Gasteiger charge is -2.39. The molecule has 2 amide bonds. The van der Waals surface area contributed by atoms with E-state index in [0.29, 0.717) is 24.0 Å². The van der Waals surface area contributed by atoms with Gasteiger partial charge in [-0.25, -0.2) is 5.01 Å². The fourth-order valence-electron chi connectivity index (χ4n) is 3.41. The number of hydrogen-bond acceptors (Lipinski definition) is 3. The summed E-state index contributed by atoms with van der Waals surface area (Å²) in [6.45, 7) is 6.95. The Kier molecular flexibility index (Phi) is 5.24. The second-order valence-electron chi connectivity index (χ2n) is 7.33. The average molecular weight is 307 g/mol. The predicted molar refractivity (Wildman–Crippen MR) is 87.4 cm³/mol. The Morgan fingerprint density at radius 1 is 1.27 bits per heavy atom. The SMILES string of the molecule is CCC(C)(C)C1CCC(NC(=O)C2=NN(C)C(=O)CC2)CC1. The van der Waals surface area contributed by atoms with Crippen molar-refractivity contribution in [1.82, 2.24) is 10.3 Å². The standard InChI is InChI=1S/C17H29N3O2/c1-5-17(2,3)12-6-8-13(9-7-12)18-16(22)14-10-11-15(21)20(4)19-14/h12-13H,5-11H2,1-4H3,(H,18,22). The summed E-state index contributed by atoms with van der Waals surface area (Å²) in [4.78, 5) is 23.7. The number of nitrogens with zero attached hydrogens (tertiary/aromatic N) is 2. The van der Waals surface area contributed by atoms with Crippen molar-refractivity contribution < 1.29 is 9.59 Å². The van der Waals surface area contributed by atoms with Gasteiger partial charge >= 0.3 is 0 Å². The molecule has 0 radical (unpaired) electrons. The maximum Gasteiger partial charge on any atom is 0.267 e. The van der Waals surface area contributed by atoms with Crippen molar-refractivity contribution in [2.45, 2.75) is 71.8 Å². The molecule has 1 aliphatic carbocycles. The third kappa shape index (κ3) is 3.87. The summed E-state index contributed by atoms with van der Waals surface area (Å²) in [5, 5.41) is 8.47. The minimum Gasteiger partial charge on any atom is -0.348 e. The van der Waals surface area contributed by atoms with Crippen molar-refractivity contribution in [3.8, 4) is 0 Å². The van der Waals surface area contributed by atoms with Crippen molar-refractivity contribution in [2.24, 2.45) is 16.4 Å². The second-order valence-corrected chi connectivity index (χ2v) is 7.33. The Labute approximate surface area is 133 Å². The van der Waals surface area contributed by atoms with E-state index in [2.05, 4.69) is 31.2 Å². The third-order valence-electron chi connectivity index (χ3n) is 5.55. The quantitative estimate of drug-likeness (QED) is 0.868. The molecule has 1 heterocycles. The van der Waals surface area contributed by atoms with Crippen LogP contribution >= 0.6 is 0 Å². The van der Waals surface area contributed by atoms with Gasteiger partial charge in [0, 0.05) is 25.9 Å². The van der Waals surface area contributed by atoms with Crippen molar-refractivity contribution in [2.75, 3.05) is 7.05 Å². The highest BCUT2D eigenvalue weighted by Gasteiger charge is 2.33. The molecule has 124 valence electrons. The monoisotopic (exact) mass is 307 g/mol. The van der Waals surface area contributed by atoms with Crippen LogP contribution < -0.4 is 5.32 Å². The zero-order valence-corrected chi connectivity index (χ0v) is 14.3.